The number of carbonyl (C=O) groups excluding carboxylic acids is 1. The average molecular weight is 281 g/mol. The Morgan fingerprint density at radius 1 is 1.20 bits per heavy atom. The van der Waals surface area contributed by atoms with E-state index in [0.717, 1.165) is 0 Å². The molecule has 0 aliphatic heterocycles. The third-order valence-electron chi connectivity index (χ3n) is 3.25. The van der Waals surface area contributed by atoms with Crippen LogP contribution in [0, 0.1) is 0 Å². The molecular formula is C15H23NO4. The van der Waals surface area contributed by atoms with E-state index in [9.17, 15) is 4.79 Å². The van der Waals surface area contributed by atoms with Crippen molar-refractivity contribution >= 4 is 5.97 Å². The first-order chi connectivity index (χ1) is 9.54. The maximum absolute atomic E-state index is 12.0. The van der Waals surface area contributed by atoms with Crippen LogP contribution in [0.5, 0.6) is 0 Å². The lowest BCUT2D eigenvalue weighted by molar-refractivity contribution is -0.210. The summed E-state index contributed by atoms with van der Waals surface area (Å²) in [5.41, 5.74) is 0.534. The van der Waals surface area contributed by atoms with E-state index < -0.39 is 5.79 Å². The van der Waals surface area contributed by atoms with E-state index in [-0.39, 0.29) is 5.97 Å². The molecule has 0 aliphatic rings. The lowest BCUT2D eigenvalue weighted by atomic mass is 10.2. The molecule has 0 saturated heterocycles. The predicted molar refractivity (Wildman–Crippen MR) is 76.1 cm³/mol. The fourth-order valence-corrected chi connectivity index (χ4v) is 1.63. The first-order valence-corrected chi connectivity index (χ1v) is 6.67. The molecule has 0 bridgehead atoms. The van der Waals surface area contributed by atoms with Crippen molar-refractivity contribution < 1.29 is 19.1 Å². The number of carbonyl (C=O) groups is 1. The van der Waals surface area contributed by atoms with Crippen molar-refractivity contribution in [3.05, 3.63) is 35.9 Å². The van der Waals surface area contributed by atoms with Crippen LogP contribution in [-0.2, 0) is 14.3 Å². The molecule has 0 fully saturated rings. The Morgan fingerprint density at radius 2 is 1.80 bits per heavy atom. The summed E-state index contributed by atoms with van der Waals surface area (Å²) in [4.78, 5) is 17.3. The first-order valence-electron chi connectivity index (χ1n) is 6.67. The van der Waals surface area contributed by atoms with Crippen molar-refractivity contribution in [2.45, 2.75) is 26.1 Å². The number of rotatable bonds is 8. The summed E-state index contributed by atoms with van der Waals surface area (Å²) in [6.45, 7) is 4.91. The molecule has 112 valence electrons. The van der Waals surface area contributed by atoms with Crippen molar-refractivity contribution in [2.75, 3.05) is 27.3 Å². The highest BCUT2D eigenvalue weighted by atomic mass is 16.7. The molecule has 0 atom stereocenters. The zero-order valence-electron chi connectivity index (χ0n) is 12.6. The largest absolute Gasteiger partial charge is 0.364 e. The van der Waals surface area contributed by atoms with Crippen LogP contribution in [-0.4, -0.2) is 44.1 Å². The Morgan fingerprint density at radius 3 is 2.30 bits per heavy atom. The first kappa shape index (κ1) is 16.6. The van der Waals surface area contributed by atoms with Gasteiger partial charge in [-0.1, -0.05) is 18.2 Å². The highest BCUT2D eigenvalue weighted by Crippen LogP contribution is 2.16. The van der Waals surface area contributed by atoms with Gasteiger partial charge in [-0.15, -0.1) is 5.06 Å². The molecule has 5 heteroatoms. The van der Waals surface area contributed by atoms with Crippen LogP contribution in [0.1, 0.15) is 30.6 Å². The van der Waals surface area contributed by atoms with E-state index in [1.807, 2.05) is 19.9 Å². The lowest BCUT2D eigenvalue weighted by Crippen LogP contribution is -2.37. The van der Waals surface area contributed by atoms with Crippen LogP contribution in [0.3, 0.4) is 0 Å². The van der Waals surface area contributed by atoms with Crippen molar-refractivity contribution in [3.63, 3.8) is 0 Å². The van der Waals surface area contributed by atoms with Gasteiger partial charge in [0, 0.05) is 33.7 Å². The highest BCUT2D eigenvalue weighted by molar-refractivity contribution is 5.89. The molecule has 0 heterocycles. The summed E-state index contributed by atoms with van der Waals surface area (Å²) in [7, 11) is 3.19. The van der Waals surface area contributed by atoms with Crippen LogP contribution in [0.25, 0.3) is 0 Å². The van der Waals surface area contributed by atoms with E-state index >= 15 is 0 Å². The van der Waals surface area contributed by atoms with Crippen LogP contribution in [0.4, 0.5) is 0 Å². The zero-order valence-corrected chi connectivity index (χ0v) is 12.6. The number of hydroxylamine groups is 2. The zero-order chi connectivity index (χ0) is 15.0. The van der Waals surface area contributed by atoms with Crippen molar-refractivity contribution in [2.24, 2.45) is 0 Å². The number of methoxy groups -OCH3 is 2. The van der Waals surface area contributed by atoms with Gasteiger partial charge in [-0.2, -0.15) is 0 Å². The van der Waals surface area contributed by atoms with Crippen LogP contribution < -0.4 is 0 Å². The molecule has 0 aliphatic carbocycles. The molecular weight excluding hydrogens is 258 g/mol. The van der Waals surface area contributed by atoms with Gasteiger partial charge in [0.25, 0.3) is 0 Å². The Labute approximate surface area is 120 Å². The summed E-state index contributed by atoms with van der Waals surface area (Å²) < 4.78 is 10.6. The minimum Gasteiger partial charge on any atom is -0.364 e. The minimum absolute atomic E-state index is 0.357. The van der Waals surface area contributed by atoms with Gasteiger partial charge in [-0.05, 0) is 26.0 Å². The van der Waals surface area contributed by atoms with Crippen molar-refractivity contribution in [3.8, 4) is 0 Å². The molecule has 1 aromatic rings. The molecule has 0 amide bonds. The molecule has 1 rings (SSSR count). The Hall–Kier alpha value is -1.43. The van der Waals surface area contributed by atoms with Gasteiger partial charge in [-0.3, -0.25) is 0 Å². The summed E-state index contributed by atoms with van der Waals surface area (Å²) in [6.07, 6.45) is 0.593. The number of benzene rings is 1. The van der Waals surface area contributed by atoms with Crippen molar-refractivity contribution in [1.82, 2.24) is 5.06 Å². The fourth-order valence-electron chi connectivity index (χ4n) is 1.63. The minimum atomic E-state index is -0.674. The number of nitrogens with zero attached hydrogens (tertiary/aromatic N) is 1. The third kappa shape index (κ3) is 4.92. The smallest absolute Gasteiger partial charge is 0.357 e. The van der Waals surface area contributed by atoms with E-state index in [1.54, 1.807) is 43.5 Å². The Bertz CT molecular complexity index is 404. The molecule has 20 heavy (non-hydrogen) atoms. The fraction of sp³-hybridized carbons (Fsp3) is 0.533. The summed E-state index contributed by atoms with van der Waals surface area (Å²) in [6, 6.07) is 8.92. The molecule has 0 spiro atoms. The maximum Gasteiger partial charge on any atom is 0.357 e. The summed E-state index contributed by atoms with van der Waals surface area (Å²) in [5, 5.41) is 1.60. The highest BCUT2D eigenvalue weighted by Gasteiger charge is 2.24. The van der Waals surface area contributed by atoms with Gasteiger partial charge in [0.1, 0.15) is 0 Å². The Kier molecular flexibility index (Phi) is 6.64. The summed E-state index contributed by atoms with van der Waals surface area (Å²) >= 11 is 0. The lowest BCUT2D eigenvalue weighted by Gasteiger charge is -2.29. The van der Waals surface area contributed by atoms with Gasteiger partial charge >= 0.3 is 5.97 Å². The second-order valence-corrected chi connectivity index (χ2v) is 4.56. The second kappa shape index (κ2) is 7.99. The van der Waals surface area contributed by atoms with Gasteiger partial charge in [0.05, 0.1) is 5.56 Å². The van der Waals surface area contributed by atoms with Gasteiger partial charge in [0.15, 0.2) is 5.79 Å². The van der Waals surface area contributed by atoms with Crippen LogP contribution >= 0.6 is 0 Å². The van der Waals surface area contributed by atoms with Crippen LogP contribution in [0.15, 0.2) is 30.3 Å². The molecule has 0 radical (unpaired) electrons. The molecule has 5 nitrogen and oxygen atoms in total. The topological polar surface area (TPSA) is 48.0 Å². The van der Waals surface area contributed by atoms with Crippen LogP contribution in [0.2, 0.25) is 0 Å². The SMILES string of the molecule is CCN(CCC(C)(OC)OC)OC(=O)c1ccccc1. The maximum atomic E-state index is 12.0. The summed E-state index contributed by atoms with van der Waals surface area (Å²) in [5.74, 6) is -1.03. The van der Waals surface area contributed by atoms with E-state index in [1.165, 1.54) is 0 Å². The number of ether oxygens (including phenoxy) is 2. The van der Waals surface area contributed by atoms with Gasteiger partial charge in [0.2, 0.25) is 0 Å². The quantitative estimate of drug-likeness (QED) is 0.541. The monoisotopic (exact) mass is 281 g/mol. The van der Waals surface area contributed by atoms with E-state index in [0.29, 0.717) is 25.1 Å². The molecule has 1 aromatic carbocycles. The molecule has 0 N–H and O–H groups in total. The second-order valence-electron chi connectivity index (χ2n) is 4.56. The number of hydrogen-bond acceptors (Lipinski definition) is 5. The van der Waals surface area contributed by atoms with Gasteiger partial charge in [-0.25, -0.2) is 4.79 Å². The molecule has 0 saturated carbocycles. The van der Waals surface area contributed by atoms with E-state index in [2.05, 4.69) is 0 Å². The number of hydrogen-bond donors (Lipinski definition) is 0. The molecule has 0 aromatic heterocycles. The third-order valence-corrected chi connectivity index (χ3v) is 3.25. The average Bonchev–Trinajstić information content (AvgIpc) is 2.51. The van der Waals surface area contributed by atoms with Crippen molar-refractivity contribution in [1.29, 1.82) is 0 Å². The Balaban J connectivity index is 2.53. The van der Waals surface area contributed by atoms with Gasteiger partial charge < -0.3 is 14.3 Å². The molecule has 0 unspecified atom stereocenters. The predicted octanol–water partition coefficient (Wildman–Crippen LogP) is 2.48. The van der Waals surface area contributed by atoms with E-state index in [4.69, 9.17) is 14.3 Å². The normalized spacial score (nSPS) is 11.7. The standard InChI is InChI=1S/C15H23NO4/c1-5-16(12-11-15(2,18-3)19-4)20-14(17)13-9-7-6-8-10-13/h6-10H,5,11-12H2,1-4H3.